The van der Waals surface area contributed by atoms with Gasteiger partial charge in [0.2, 0.25) is 5.91 Å². The number of hydrogen-bond donors (Lipinski definition) is 1. The predicted molar refractivity (Wildman–Crippen MR) is 89.8 cm³/mol. The fourth-order valence-corrected chi connectivity index (χ4v) is 2.52. The first kappa shape index (κ1) is 15.3. The summed E-state index contributed by atoms with van der Waals surface area (Å²) >= 11 is 1.50. The van der Waals surface area contributed by atoms with Gasteiger partial charge in [-0.15, -0.1) is 11.3 Å². The van der Waals surface area contributed by atoms with Crippen LogP contribution in [0.1, 0.15) is 18.9 Å². The second-order valence-corrected chi connectivity index (χ2v) is 5.34. The minimum absolute atomic E-state index is 0.152. The van der Waals surface area contributed by atoms with Gasteiger partial charge in [0.05, 0.1) is 0 Å². The van der Waals surface area contributed by atoms with Gasteiger partial charge in [-0.1, -0.05) is 0 Å². The van der Waals surface area contributed by atoms with Crippen LogP contribution in [0.3, 0.4) is 0 Å². The van der Waals surface area contributed by atoms with Crippen LogP contribution in [0.15, 0.2) is 41.9 Å². The Morgan fingerprint density at radius 2 is 2.00 bits per heavy atom. The Kier molecular flexibility index (Phi) is 5.51. The lowest BCUT2D eigenvalue weighted by Gasteiger charge is -2.21. The summed E-state index contributed by atoms with van der Waals surface area (Å²) < 4.78 is 0. The Balaban J connectivity index is 1.95. The summed E-state index contributed by atoms with van der Waals surface area (Å²) in [6.07, 6.45) is 4.93. The Hall–Kier alpha value is -2.14. The van der Waals surface area contributed by atoms with Gasteiger partial charge >= 0.3 is 0 Å². The van der Waals surface area contributed by atoms with Gasteiger partial charge in [-0.05, 0) is 44.2 Å². The number of thiazole rings is 1. The van der Waals surface area contributed by atoms with Crippen molar-refractivity contribution in [2.24, 2.45) is 0 Å². The second kappa shape index (κ2) is 7.59. The number of carbonyl (C=O) groups excluding carboxylic acids is 1. The standard InChI is InChI=1S/C16H19N3OS/c1-3-19(4-2)14-7-5-13(6-8-14)18-15(20)9-10-16-17-11-12-21-16/h5-12H,3-4H2,1-2H3,(H,18,20)/b10-9+. The van der Waals surface area contributed by atoms with Crippen LogP contribution in [-0.2, 0) is 4.79 Å². The normalized spacial score (nSPS) is 10.8. The highest BCUT2D eigenvalue weighted by molar-refractivity contribution is 7.10. The summed E-state index contributed by atoms with van der Waals surface area (Å²) in [5.41, 5.74) is 1.95. The Bertz CT molecular complexity index is 586. The van der Waals surface area contributed by atoms with Gasteiger partial charge in [-0.3, -0.25) is 4.79 Å². The minimum atomic E-state index is -0.152. The lowest BCUT2D eigenvalue weighted by molar-refractivity contribution is -0.111. The average molecular weight is 301 g/mol. The lowest BCUT2D eigenvalue weighted by Crippen LogP contribution is -2.21. The number of carbonyl (C=O) groups is 1. The summed E-state index contributed by atoms with van der Waals surface area (Å²) in [5.74, 6) is -0.152. The van der Waals surface area contributed by atoms with Crippen molar-refractivity contribution < 1.29 is 4.79 Å². The first-order valence-electron chi connectivity index (χ1n) is 6.96. The van der Waals surface area contributed by atoms with Crippen LogP contribution in [0.2, 0.25) is 0 Å². The molecule has 0 saturated heterocycles. The third-order valence-corrected chi connectivity index (χ3v) is 3.83. The zero-order valence-corrected chi connectivity index (χ0v) is 13.1. The van der Waals surface area contributed by atoms with Crippen molar-refractivity contribution in [3.63, 3.8) is 0 Å². The van der Waals surface area contributed by atoms with E-state index in [1.165, 1.54) is 17.4 Å². The van der Waals surface area contributed by atoms with Crippen molar-refractivity contribution in [2.75, 3.05) is 23.3 Å². The highest BCUT2D eigenvalue weighted by Gasteiger charge is 2.02. The summed E-state index contributed by atoms with van der Waals surface area (Å²) in [6.45, 7) is 6.20. The van der Waals surface area contributed by atoms with Crippen LogP contribution < -0.4 is 10.2 Å². The minimum Gasteiger partial charge on any atom is -0.372 e. The molecule has 0 spiro atoms. The molecular weight excluding hydrogens is 282 g/mol. The van der Waals surface area contributed by atoms with E-state index in [9.17, 15) is 4.79 Å². The van der Waals surface area contributed by atoms with Crippen molar-refractivity contribution >= 4 is 34.7 Å². The number of aromatic nitrogens is 1. The van der Waals surface area contributed by atoms with Crippen LogP contribution in [0.25, 0.3) is 6.08 Å². The molecule has 0 saturated carbocycles. The molecule has 0 aliphatic carbocycles. The van der Waals surface area contributed by atoms with Crippen molar-refractivity contribution in [3.8, 4) is 0 Å². The first-order valence-corrected chi connectivity index (χ1v) is 7.84. The third-order valence-electron chi connectivity index (χ3n) is 3.09. The van der Waals surface area contributed by atoms with Crippen LogP contribution in [0.4, 0.5) is 11.4 Å². The van der Waals surface area contributed by atoms with E-state index in [0.717, 1.165) is 29.5 Å². The van der Waals surface area contributed by atoms with Crippen molar-refractivity contribution in [1.29, 1.82) is 0 Å². The van der Waals surface area contributed by atoms with E-state index < -0.39 is 0 Å². The molecule has 1 amide bonds. The monoisotopic (exact) mass is 301 g/mol. The molecule has 2 aromatic rings. The van der Waals surface area contributed by atoms with Gasteiger partial charge in [-0.2, -0.15) is 0 Å². The highest BCUT2D eigenvalue weighted by Crippen LogP contribution is 2.17. The number of amides is 1. The molecule has 0 aliphatic heterocycles. The van der Waals surface area contributed by atoms with Gasteiger partial charge < -0.3 is 10.2 Å². The quantitative estimate of drug-likeness (QED) is 0.829. The zero-order chi connectivity index (χ0) is 15.1. The van der Waals surface area contributed by atoms with Gasteiger partial charge in [0, 0.05) is 42.1 Å². The largest absolute Gasteiger partial charge is 0.372 e. The molecule has 21 heavy (non-hydrogen) atoms. The number of benzene rings is 1. The molecule has 0 atom stereocenters. The highest BCUT2D eigenvalue weighted by atomic mass is 32.1. The van der Waals surface area contributed by atoms with Crippen LogP contribution in [0.5, 0.6) is 0 Å². The molecular formula is C16H19N3OS. The van der Waals surface area contributed by atoms with E-state index in [-0.39, 0.29) is 5.91 Å². The summed E-state index contributed by atoms with van der Waals surface area (Å²) in [4.78, 5) is 18.2. The van der Waals surface area contributed by atoms with E-state index in [1.54, 1.807) is 12.3 Å². The molecule has 1 N–H and O–H groups in total. The number of nitrogens with zero attached hydrogens (tertiary/aromatic N) is 2. The first-order chi connectivity index (χ1) is 10.2. The van der Waals surface area contributed by atoms with Gasteiger partial charge in [0.1, 0.15) is 5.01 Å². The molecule has 0 bridgehead atoms. The Morgan fingerprint density at radius 3 is 2.57 bits per heavy atom. The van der Waals surface area contributed by atoms with E-state index in [0.29, 0.717) is 0 Å². The molecule has 110 valence electrons. The van der Waals surface area contributed by atoms with E-state index in [2.05, 4.69) is 29.0 Å². The summed E-state index contributed by atoms with van der Waals surface area (Å²) in [5, 5.41) is 5.54. The van der Waals surface area contributed by atoms with Crippen LogP contribution in [-0.4, -0.2) is 24.0 Å². The maximum Gasteiger partial charge on any atom is 0.248 e. The van der Waals surface area contributed by atoms with E-state index in [4.69, 9.17) is 0 Å². The summed E-state index contributed by atoms with van der Waals surface area (Å²) in [7, 11) is 0. The number of anilines is 2. The van der Waals surface area contributed by atoms with Gasteiger partial charge in [-0.25, -0.2) is 4.98 Å². The summed E-state index contributed by atoms with van der Waals surface area (Å²) in [6, 6.07) is 7.88. The molecule has 0 aliphatic rings. The molecule has 5 heteroatoms. The number of hydrogen-bond acceptors (Lipinski definition) is 4. The molecule has 0 radical (unpaired) electrons. The molecule has 0 unspecified atom stereocenters. The topological polar surface area (TPSA) is 45.2 Å². The molecule has 2 rings (SSSR count). The molecule has 4 nitrogen and oxygen atoms in total. The van der Waals surface area contributed by atoms with Crippen LogP contribution in [0, 0.1) is 0 Å². The fraction of sp³-hybridized carbons (Fsp3) is 0.250. The maximum atomic E-state index is 11.8. The Labute approximate surface area is 129 Å². The van der Waals surface area contributed by atoms with Crippen molar-refractivity contribution in [2.45, 2.75) is 13.8 Å². The fourth-order valence-electron chi connectivity index (χ4n) is 1.99. The molecule has 1 aromatic carbocycles. The average Bonchev–Trinajstić information content (AvgIpc) is 3.01. The van der Waals surface area contributed by atoms with E-state index in [1.807, 2.05) is 29.6 Å². The van der Waals surface area contributed by atoms with E-state index >= 15 is 0 Å². The SMILES string of the molecule is CCN(CC)c1ccc(NC(=O)/C=C/c2nccs2)cc1. The van der Waals surface area contributed by atoms with Crippen LogP contribution >= 0.6 is 11.3 Å². The maximum absolute atomic E-state index is 11.8. The van der Waals surface area contributed by atoms with Gasteiger partial charge in [0.15, 0.2) is 0 Å². The second-order valence-electron chi connectivity index (χ2n) is 4.41. The number of rotatable bonds is 6. The predicted octanol–water partition coefficient (Wildman–Crippen LogP) is 3.64. The van der Waals surface area contributed by atoms with Crippen molar-refractivity contribution in [3.05, 3.63) is 46.9 Å². The van der Waals surface area contributed by atoms with Gasteiger partial charge in [0.25, 0.3) is 0 Å². The van der Waals surface area contributed by atoms with Crippen molar-refractivity contribution in [1.82, 2.24) is 4.98 Å². The number of nitrogens with one attached hydrogen (secondary N) is 1. The smallest absolute Gasteiger partial charge is 0.248 e. The molecule has 1 heterocycles. The lowest BCUT2D eigenvalue weighted by atomic mass is 10.2. The molecule has 1 aromatic heterocycles. The molecule has 0 fully saturated rings. The third kappa shape index (κ3) is 4.43. The zero-order valence-electron chi connectivity index (χ0n) is 12.2. The Morgan fingerprint density at radius 1 is 1.29 bits per heavy atom.